The van der Waals surface area contributed by atoms with Gasteiger partial charge < -0.3 is 5.73 Å². The van der Waals surface area contributed by atoms with Crippen LogP contribution in [0.1, 0.15) is 56.2 Å². The van der Waals surface area contributed by atoms with Crippen LogP contribution in [-0.4, -0.2) is 9.97 Å². The van der Waals surface area contributed by atoms with Crippen LogP contribution < -0.4 is 5.73 Å². The highest BCUT2D eigenvalue weighted by Gasteiger charge is 2.32. The van der Waals surface area contributed by atoms with Gasteiger partial charge in [0.05, 0.1) is 0 Å². The first-order valence-electron chi connectivity index (χ1n) is 6.64. The molecule has 0 radical (unpaired) electrons. The van der Waals surface area contributed by atoms with Crippen molar-refractivity contribution in [1.82, 2.24) is 9.97 Å². The van der Waals surface area contributed by atoms with Gasteiger partial charge in [-0.1, -0.05) is 13.8 Å². The predicted molar refractivity (Wildman–Crippen MR) is 67.5 cm³/mol. The number of aromatic nitrogens is 2. The lowest BCUT2D eigenvalue weighted by Crippen LogP contribution is -2.31. The SMILES string of the molecule is CC1(C)Cc2nc(CC3CC3)ncc2C(N)C1. The van der Waals surface area contributed by atoms with Crippen molar-refractivity contribution >= 4 is 0 Å². The number of fused-ring (bicyclic) bond motifs is 1. The maximum absolute atomic E-state index is 6.21. The summed E-state index contributed by atoms with van der Waals surface area (Å²) in [7, 11) is 0. The van der Waals surface area contributed by atoms with E-state index >= 15 is 0 Å². The molecule has 0 spiro atoms. The van der Waals surface area contributed by atoms with Crippen LogP contribution in [0.3, 0.4) is 0 Å². The van der Waals surface area contributed by atoms with Crippen molar-refractivity contribution in [3.63, 3.8) is 0 Å². The van der Waals surface area contributed by atoms with Gasteiger partial charge in [-0.2, -0.15) is 0 Å². The molecule has 17 heavy (non-hydrogen) atoms. The van der Waals surface area contributed by atoms with E-state index in [2.05, 4.69) is 18.8 Å². The zero-order chi connectivity index (χ0) is 12.0. The van der Waals surface area contributed by atoms with Crippen LogP contribution in [-0.2, 0) is 12.8 Å². The van der Waals surface area contributed by atoms with Gasteiger partial charge in [-0.3, -0.25) is 0 Å². The van der Waals surface area contributed by atoms with Crippen molar-refractivity contribution in [3.8, 4) is 0 Å². The molecule has 3 rings (SSSR count). The van der Waals surface area contributed by atoms with Gasteiger partial charge in [0.25, 0.3) is 0 Å². The first-order chi connectivity index (χ1) is 8.03. The lowest BCUT2D eigenvalue weighted by Gasteiger charge is -2.34. The summed E-state index contributed by atoms with van der Waals surface area (Å²) in [4.78, 5) is 9.23. The van der Waals surface area contributed by atoms with E-state index in [0.29, 0.717) is 0 Å². The standard InChI is InChI=1S/C14H21N3/c1-14(2)6-11(15)10-8-16-13(5-9-3-4-9)17-12(10)7-14/h8-9,11H,3-7,15H2,1-2H3. The Kier molecular flexibility index (Phi) is 2.47. The molecular formula is C14H21N3. The first-order valence-corrected chi connectivity index (χ1v) is 6.64. The minimum Gasteiger partial charge on any atom is -0.324 e. The van der Waals surface area contributed by atoms with Crippen molar-refractivity contribution in [2.45, 2.75) is 52.0 Å². The Bertz CT molecular complexity index is 435. The summed E-state index contributed by atoms with van der Waals surface area (Å²) >= 11 is 0. The lowest BCUT2D eigenvalue weighted by atomic mass is 9.74. The number of nitrogens with zero attached hydrogens (tertiary/aromatic N) is 2. The number of nitrogens with two attached hydrogens (primary N) is 1. The molecule has 2 N–H and O–H groups in total. The lowest BCUT2D eigenvalue weighted by molar-refractivity contribution is 0.277. The predicted octanol–water partition coefficient (Wildman–Crippen LogP) is 2.40. The van der Waals surface area contributed by atoms with Crippen molar-refractivity contribution in [2.75, 3.05) is 0 Å². The molecule has 0 saturated heterocycles. The quantitative estimate of drug-likeness (QED) is 0.850. The third kappa shape index (κ3) is 2.34. The largest absolute Gasteiger partial charge is 0.324 e. The maximum atomic E-state index is 6.21. The normalized spacial score (nSPS) is 26.6. The molecule has 1 fully saturated rings. The molecule has 1 aromatic heterocycles. The molecule has 0 aromatic carbocycles. The van der Waals surface area contributed by atoms with Crippen LogP contribution in [0, 0.1) is 11.3 Å². The van der Waals surface area contributed by atoms with Crippen molar-refractivity contribution in [2.24, 2.45) is 17.1 Å². The highest BCUT2D eigenvalue weighted by atomic mass is 14.9. The smallest absolute Gasteiger partial charge is 0.128 e. The first kappa shape index (κ1) is 11.1. The summed E-state index contributed by atoms with van der Waals surface area (Å²) < 4.78 is 0. The van der Waals surface area contributed by atoms with E-state index in [1.165, 1.54) is 24.1 Å². The molecule has 92 valence electrons. The molecule has 1 heterocycles. The van der Waals surface area contributed by atoms with E-state index in [1.807, 2.05) is 6.20 Å². The van der Waals surface area contributed by atoms with Crippen LogP contribution in [0.5, 0.6) is 0 Å². The van der Waals surface area contributed by atoms with E-state index in [4.69, 9.17) is 10.7 Å². The highest BCUT2D eigenvalue weighted by Crippen LogP contribution is 2.39. The Morgan fingerprint density at radius 3 is 2.88 bits per heavy atom. The van der Waals surface area contributed by atoms with Crippen molar-refractivity contribution in [3.05, 3.63) is 23.3 Å². The molecule has 2 aliphatic carbocycles. The Labute approximate surface area is 103 Å². The summed E-state index contributed by atoms with van der Waals surface area (Å²) in [5, 5.41) is 0. The second-order valence-electron chi connectivity index (χ2n) is 6.49. The molecule has 2 aliphatic rings. The highest BCUT2D eigenvalue weighted by molar-refractivity contribution is 5.26. The summed E-state index contributed by atoms with van der Waals surface area (Å²) in [5.41, 5.74) is 8.85. The number of rotatable bonds is 2. The Hall–Kier alpha value is -0.960. The minimum atomic E-state index is 0.115. The van der Waals surface area contributed by atoms with E-state index < -0.39 is 0 Å². The number of hydrogen-bond donors (Lipinski definition) is 1. The summed E-state index contributed by atoms with van der Waals surface area (Å²) in [5.74, 6) is 1.87. The second kappa shape index (κ2) is 3.77. The topological polar surface area (TPSA) is 51.8 Å². The van der Waals surface area contributed by atoms with Gasteiger partial charge in [-0.25, -0.2) is 9.97 Å². The number of hydrogen-bond acceptors (Lipinski definition) is 3. The van der Waals surface area contributed by atoms with Gasteiger partial charge >= 0.3 is 0 Å². The van der Waals surface area contributed by atoms with Crippen LogP contribution in [0.15, 0.2) is 6.20 Å². The van der Waals surface area contributed by atoms with Gasteiger partial charge in [-0.15, -0.1) is 0 Å². The average molecular weight is 231 g/mol. The molecule has 1 saturated carbocycles. The van der Waals surface area contributed by atoms with E-state index in [0.717, 1.165) is 31.0 Å². The molecule has 3 heteroatoms. The van der Waals surface area contributed by atoms with Gasteiger partial charge in [0, 0.05) is 29.9 Å². The maximum Gasteiger partial charge on any atom is 0.128 e. The Morgan fingerprint density at radius 1 is 1.41 bits per heavy atom. The fourth-order valence-corrected chi connectivity index (χ4v) is 2.83. The summed E-state index contributed by atoms with van der Waals surface area (Å²) in [6.07, 6.45) is 7.81. The van der Waals surface area contributed by atoms with Gasteiger partial charge in [0.1, 0.15) is 5.82 Å². The minimum absolute atomic E-state index is 0.115. The average Bonchev–Trinajstić information content (AvgIpc) is 2.99. The molecule has 1 aromatic rings. The third-order valence-electron chi connectivity index (χ3n) is 3.94. The van der Waals surface area contributed by atoms with Crippen molar-refractivity contribution in [1.29, 1.82) is 0 Å². The second-order valence-corrected chi connectivity index (χ2v) is 6.49. The molecule has 0 amide bonds. The van der Waals surface area contributed by atoms with Crippen LogP contribution >= 0.6 is 0 Å². The van der Waals surface area contributed by atoms with Crippen LogP contribution in [0.25, 0.3) is 0 Å². The van der Waals surface area contributed by atoms with Gasteiger partial charge in [0.2, 0.25) is 0 Å². The molecule has 3 nitrogen and oxygen atoms in total. The Morgan fingerprint density at radius 2 is 2.18 bits per heavy atom. The zero-order valence-corrected chi connectivity index (χ0v) is 10.7. The summed E-state index contributed by atoms with van der Waals surface area (Å²) in [6.45, 7) is 4.55. The molecule has 0 bridgehead atoms. The van der Waals surface area contributed by atoms with E-state index in [-0.39, 0.29) is 11.5 Å². The summed E-state index contributed by atoms with van der Waals surface area (Å²) in [6, 6.07) is 0.115. The van der Waals surface area contributed by atoms with E-state index in [9.17, 15) is 0 Å². The third-order valence-corrected chi connectivity index (χ3v) is 3.94. The van der Waals surface area contributed by atoms with E-state index in [1.54, 1.807) is 0 Å². The van der Waals surface area contributed by atoms with Crippen LogP contribution in [0.4, 0.5) is 0 Å². The molecular weight excluding hydrogens is 210 g/mol. The molecule has 0 aliphatic heterocycles. The fourth-order valence-electron chi connectivity index (χ4n) is 2.83. The van der Waals surface area contributed by atoms with Gasteiger partial charge in [-0.05, 0) is 37.0 Å². The van der Waals surface area contributed by atoms with Crippen LogP contribution in [0.2, 0.25) is 0 Å². The molecule has 1 atom stereocenters. The Balaban J connectivity index is 1.90. The molecule has 1 unspecified atom stereocenters. The van der Waals surface area contributed by atoms with Crippen molar-refractivity contribution < 1.29 is 0 Å². The van der Waals surface area contributed by atoms with Gasteiger partial charge in [0.15, 0.2) is 0 Å². The fraction of sp³-hybridized carbons (Fsp3) is 0.714. The zero-order valence-electron chi connectivity index (χ0n) is 10.7. The monoisotopic (exact) mass is 231 g/mol.